The predicted octanol–water partition coefficient (Wildman–Crippen LogP) is 0.158. The molecule has 0 aliphatic heterocycles. The lowest BCUT2D eigenvalue weighted by Gasteiger charge is -2.16. The molecule has 0 amide bonds. The molecule has 0 radical (unpaired) electrons. The Balaban J connectivity index is 2.16. The lowest BCUT2D eigenvalue weighted by molar-refractivity contribution is 0.461. The third kappa shape index (κ3) is 9.04. The summed E-state index contributed by atoms with van der Waals surface area (Å²) in [5.74, 6) is -0.290. The van der Waals surface area contributed by atoms with E-state index in [1.54, 1.807) is 0 Å². The smallest absolute Gasteiger partial charge is 0.212 e. The Morgan fingerprint density at radius 2 is 1.41 bits per heavy atom. The zero-order chi connectivity index (χ0) is 16.5. The highest BCUT2D eigenvalue weighted by atomic mass is 32.2. The van der Waals surface area contributed by atoms with Gasteiger partial charge in [-0.15, -0.1) is 0 Å². The first-order valence-electron chi connectivity index (χ1n) is 8.03. The van der Waals surface area contributed by atoms with Crippen LogP contribution in [-0.2, 0) is 20.0 Å². The second-order valence-electron chi connectivity index (χ2n) is 5.65. The van der Waals surface area contributed by atoms with Crippen molar-refractivity contribution in [1.29, 1.82) is 0 Å². The summed E-state index contributed by atoms with van der Waals surface area (Å²) in [4.78, 5) is 0. The van der Waals surface area contributed by atoms with Crippen LogP contribution in [0, 0.1) is 0 Å². The molecule has 0 aromatic heterocycles. The second kappa shape index (κ2) is 9.82. The minimum Gasteiger partial charge on any atom is -0.313 e. The molecule has 1 aliphatic rings. The van der Waals surface area contributed by atoms with E-state index in [1.165, 1.54) is 32.6 Å². The van der Waals surface area contributed by atoms with E-state index >= 15 is 0 Å². The Morgan fingerprint density at radius 1 is 0.818 bits per heavy atom. The molecule has 1 aliphatic carbocycles. The predicted molar refractivity (Wildman–Crippen MR) is 88.7 cm³/mol. The molecule has 0 aromatic carbocycles. The Kier molecular flexibility index (Phi) is 8.85. The molecule has 1 rings (SSSR count). The molecule has 7 nitrogen and oxygen atoms in total. The first-order chi connectivity index (χ1) is 10.3. The molecule has 0 atom stereocenters. The van der Waals surface area contributed by atoms with Crippen LogP contribution in [0.15, 0.2) is 0 Å². The Labute approximate surface area is 134 Å². The molecule has 0 heterocycles. The molecule has 0 aromatic rings. The van der Waals surface area contributed by atoms with Crippen LogP contribution in [-0.4, -0.2) is 54.0 Å². The van der Waals surface area contributed by atoms with Gasteiger partial charge in [0.2, 0.25) is 20.0 Å². The van der Waals surface area contributed by atoms with E-state index in [9.17, 15) is 16.8 Å². The molecule has 0 saturated heterocycles. The minimum atomic E-state index is -3.44. The topological polar surface area (TPSA) is 104 Å². The molecule has 0 spiro atoms. The largest absolute Gasteiger partial charge is 0.313 e. The van der Waals surface area contributed by atoms with Gasteiger partial charge in [-0.2, -0.15) is 0 Å². The maximum Gasteiger partial charge on any atom is 0.212 e. The monoisotopic (exact) mass is 355 g/mol. The van der Waals surface area contributed by atoms with Crippen molar-refractivity contribution in [2.24, 2.45) is 0 Å². The lowest BCUT2D eigenvalue weighted by Crippen LogP contribution is -2.39. The summed E-state index contributed by atoms with van der Waals surface area (Å²) in [6.07, 6.45) is 7.37. The fraction of sp³-hybridized carbons (Fsp3) is 1.00. The Morgan fingerprint density at radius 3 is 2.00 bits per heavy atom. The molecule has 9 heteroatoms. The first-order valence-corrected chi connectivity index (χ1v) is 11.3. The van der Waals surface area contributed by atoms with Gasteiger partial charge in [-0.25, -0.2) is 26.3 Å². The lowest BCUT2D eigenvalue weighted by atomic mass is 10.1. The van der Waals surface area contributed by atoms with Crippen molar-refractivity contribution >= 4 is 20.0 Å². The van der Waals surface area contributed by atoms with Gasteiger partial charge in [0.1, 0.15) is 0 Å². The highest BCUT2D eigenvalue weighted by Gasteiger charge is 2.14. The first kappa shape index (κ1) is 19.8. The molecule has 22 heavy (non-hydrogen) atoms. The average Bonchev–Trinajstić information content (AvgIpc) is 2.72. The van der Waals surface area contributed by atoms with Crippen LogP contribution in [0.25, 0.3) is 0 Å². The fourth-order valence-corrected chi connectivity index (χ4v) is 4.15. The standard InChI is InChI=1S/C13H29N3O4S2/c1-2-21(17,18)16-11-12-22(19,20)15-10-9-14-13-7-5-3-4-6-8-13/h13-16H,2-12H2,1H3. The normalized spacial score (nSPS) is 18.2. The summed E-state index contributed by atoms with van der Waals surface area (Å²) in [5, 5.41) is 3.39. The van der Waals surface area contributed by atoms with Crippen molar-refractivity contribution in [3.63, 3.8) is 0 Å². The summed E-state index contributed by atoms with van der Waals surface area (Å²) < 4.78 is 50.6. The Bertz CT molecular complexity index is 497. The van der Waals surface area contributed by atoms with Gasteiger partial charge >= 0.3 is 0 Å². The van der Waals surface area contributed by atoms with Crippen LogP contribution in [0.1, 0.15) is 45.4 Å². The van der Waals surface area contributed by atoms with Crippen molar-refractivity contribution in [3.05, 3.63) is 0 Å². The van der Waals surface area contributed by atoms with Crippen molar-refractivity contribution in [2.45, 2.75) is 51.5 Å². The number of hydrogen-bond donors (Lipinski definition) is 3. The average molecular weight is 356 g/mol. The second-order valence-corrected chi connectivity index (χ2v) is 9.68. The van der Waals surface area contributed by atoms with Crippen molar-refractivity contribution in [1.82, 2.24) is 14.8 Å². The number of rotatable bonds is 10. The molecule has 1 saturated carbocycles. The van der Waals surface area contributed by atoms with Gasteiger partial charge in [0.25, 0.3) is 0 Å². The van der Waals surface area contributed by atoms with E-state index in [2.05, 4.69) is 14.8 Å². The summed E-state index contributed by atoms with van der Waals surface area (Å²) in [7, 11) is -6.78. The van der Waals surface area contributed by atoms with Crippen LogP contribution >= 0.6 is 0 Å². The SMILES string of the molecule is CCS(=O)(=O)NCCS(=O)(=O)NCCNC1CCCCCC1. The number of hydrogen-bond acceptors (Lipinski definition) is 5. The third-order valence-electron chi connectivity index (χ3n) is 3.81. The molecule has 0 bridgehead atoms. The van der Waals surface area contributed by atoms with Gasteiger partial charge in [0.15, 0.2) is 0 Å². The number of sulfonamides is 2. The zero-order valence-corrected chi connectivity index (χ0v) is 14.9. The molecular formula is C13H29N3O4S2. The van der Waals surface area contributed by atoms with Crippen molar-refractivity contribution < 1.29 is 16.8 Å². The van der Waals surface area contributed by atoms with Crippen molar-refractivity contribution in [3.8, 4) is 0 Å². The highest BCUT2D eigenvalue weighted by Crippen LogP contribution is 2.16. The summed E-state index contributed by atoms with van der Waals surface area (Å²) in [6.45, 7) is 2.35. The zero-order valence-electron chi connectivity index (χ0n) is 13.3. The van der Waals surface area contributed by atoms with Crippen LogP contribution in [0.4, 0.5) is 0 Å². The van der Waals surface area contributed by atoms with Crippen LogP contribution in [0.3, 0.4) is 0 Å². The van der Waals surface area contributed by atoms with E-state index in [0.717, 1.165) is 12.8 Å². The molecule has 132 valence electrons. The van der Waals surface area contributed by atoms with Gasteiger partial charge < -0.3 is 5.32 Å². The van der Waals surface area contributed by atoms with Gasteiger partial charge in [-0.1, -0.05) is 25.7 Å². The quantitative estimate of drug-likeness (QED) is 0.382. The third-order valence-corrected chi connectivity index (χ3v) is 6.60. The maximum atomic E-state index is 11.7. The van der Waals surface area contributed by atoms with Gasteiger partial charge in [-0.05, 0) is 19.8 Å². The summed E-state index contributed by atoms with van der Waals surface area (Å²) in [5.41, 5.74) is 0. The maximum absolute atomic E-state index is 11.7. The Hall–Kier alpha value is -0.220. The van der Waals surface area contributed by atoms with Crippen LogP contribution in [0.5, 0.6) is 0 Å². The van der Waals surface area contributed by atoms with Gasteiger partial charge in [0.05, 0.1) is 11.5 Å². The fourth-order valence-electron chi connectivity index (χ4n) is 2.47. The van der Waals surface area contributed by atoms with Gasteiger partial charge in [0, 0.05) is 25.7 Å². The van der Waals surface area contributed by atoms with Crippen LogP contribution in [0.2, 0.25) is 0 Å². The van der Waals surface area contributed by atoms with Gasteiger partial charge in [-0.3, -0.25) is 0 Å². The summed E-state index contributed by atoms with van der Waals surface area (Å²) in [6, 6.07) is 0.489. The number of nitrogens with one attached hydrogen (secondary N) is 3. The van der Waals surface area contributed by atoms with E-state index in [4.69, 9.17) is 0 Å². The van der Waals surface area contributed by atoms with E-state index in [0.29, 0.717) is 19.1 Å². The molecule has 3 N–H and O–H groups in total. The van der Waals surface area contributed by atoms with E-state index < -0.39 is 20.0 Å². The molecular weight excluding hydrogens is 326 g/mol. The van der Waals surface area contributed by atoms with Crippen LogP contribution < -0.4 is 14.8 Å². The van der Waals surface area contributed by atoms with Crippen molar-refractivity contribution in [2.75, 3.05) is 31.1 Å². The molecule has 1 fully saturated rings. The van der Waals surface area contributed by atoms with E-state index in [-0.39, 0.29) is 18.1 Å². The highest BCUT2D eigenvalue weighted by molar-refractivity contribution is 7.90. The minimum absolute atomic E-state index is 0.0498. The summed E-state index contributed by atoms with van der Waals surface area (Å²) >= 11 is 0. The molecule has 0 unspecified atom stereocenters. The van der Waals surface area contributed by atoms with E-state index in [1.807, 2.05) is 0 Å².